The van der Waals surface area contributed by atoms with Crippen molar-refractivity contribution < 1.29 is 17.9 Å². The zero-order chi connectivity index (χ0) is 16.2. The van der Waals surface area contributed by atoms with Gasteiger partial charge in [0, 0.05) is 30.4 Å². The molecule has 0 unspecified atom stereocenters. The predicted molar refractivity (Wildman–Crippen MR) is 79.1 cm³/mol. The van der Waals surface area contributed by atoms with E-state index >= 15 is 0 Å². The molecular formula is C12H20ClN3O4S. The van der Waals surface area contributed by atoms with E-state index in [0.29, 0.717) is 25.3 Å². The molecule has 0 saturated carbocycles. The summed E-state index contributed by atoms with van der Waals surface area (Å²) in [5, 5.41) is 6.41. The number of aryl methyl sites for hydroxylation is 1. The molecule has 120 valence electrons. The summed E-state index contributed by atoms with van der Waals surface area (Å²) < 4.78 is 28.4. The highest BCUT2D eigenvalue weighted by molar-refractivity contribution is 8.13. The van der Waals surface area contributed by atoms with Crippen LogP contribution in [0.15, 0.2) is 4.90 Å². The van der Waals surface area contributed by atoms with Gasteiger partial charge in [0.05, 0.1) is 12.3 Å². The van der Waals surface area contributed by atoms with Crippen molar-refractivity contribution in [1.29, 1.82) is 0 Å². The van der Waals surface area contributed by atoms with Gasteiger partial charge in [0.2, 0.25) is 0 Å². The molecule has 1 aromatic heterocycles. The Hall–Kier alpha value is -1.12. The Morgan fingerprint density at radius 3 is 2.52 bits per heavy atom. The van der Waals surface area contributed by atoms with E-state index in [1.807, 2.05) is 13.8 Å². The summed E-state index contributed by atoms with van der Waals surface area (Å²) in [5.41, 5.74) is 0.149. The third-order valence-corrected chi connectivity index (χ3v) is 4.40. The fraction of sp³-hybridized carbons (Fsp3) is 0.667. The maximum Gasteiger partial charge on any atom is 0.276 e. The molecule has 1 N–H and O–H groups in total. The van der Waals surface area contributed by atoms with Crippen molar-refractivity contribution in [2.45, 2.75) is 38.1 Å². The van der Waals surface area contributed by atoms with Gasteiger partial charge in [-0.15, -0.1) is 0 Å². The lowest BCUT2D eigenvalue weighted by atomic mass is 10.2. The smallest absolute Gasteiger partial charge is 0.276 e. The van der Waals surface area contributed by atoms with Crippen molar-refractivity contribution in [3.63, 3.8) is 0 Å². The summed E-state index contributed by atoms with van der Waals surface area (Å²) in [6, 6.07) is -0.125. The molecule has 9 heteroatoms. The highest BCUT2D eigenvalue weighted by atomic mass is 35.7. The van der Waals surface area contributed by atoms with Gasteiger partial charge in [0.15, 0.2) is 5.69 Å². The van der Waals surface area contributed by atoms with Crippen LogP contribution in [0, 0.1) is 0 Å². The average molecular weight is 338 g/mol. The molecule has 0 fully saturated rings. The third kappa shape index (κ3) is 4.18. The van der Waals surface area contributed by atoms with E-state index < -0.39 is 15.0 Å². The SMILES string of the molecule is CCc1[nH]nc(C(=O)N(CCOC)C(C)C)c1S(=O)(=O)Cl. The quantitative estimate of drug-likeness (QED) is 0.759. The van der Waals surface area contributed by atoms with Gasteiger partial charge in [-0.2, -0.15) is 5.10 Å². The summed E-state index contributed by atoms with van der Waals surface area (Å²) in [7, 11) is 2.91. The van der Waals surface area contributed by atoms with E-state index in [-0.39, 0.29) is 16.6 Å². The summed E-state index contributed by atoms with van der Waals surface area (Å²) in [4.78, 5) is 13.8. The van der Waals surface area contributed by atoms with Crippen LogP contribution in [0.3, 0.4) is 0 Å². The zero-order valence-corrected chi connectivity index (χ0v) is 14.1. The second-order valence-electron chi connectivity index (χ2n) is 4.76. The molecule has 7 nitrogen and oxygen atoms in total. The van der Waals surface area contributed by atoms with E-state index in [1.165, 1.54) is 12.0 Å². The maximum atomic E-state index is 12.6. The van der Waals surface area contributed by atoms with Crippen molar-refractivity contribution in [1.82, 2.24) is 15.1 Å². The molecule has 0 spiro atoms. The highest BCUT2D eigenvalue weighted by Gasteiger charge is 2.31. The lowest BCUT2D eigenvalue weighted by molar-refractivity contribution is 0.0625. The van der Waals surface area contributed by atoms with Crippen molar-refractivity contribution >= 4 is 25.6 Å². The van der Waals surface area contributed by atoms with Crippen molar-refractivity contribution in [2.24, 2.45) is 0 Å². The summed E-state index contributed by atoms with van der Waals surface area (Å²) in [6.07, 6.45) is 0.376. The van der Waals surface area contributed by atoms with Gasteiger partial charge in [-0.25, -0.2) is 8.42 Å². The Balaban J connectivity index is 3.26. The lowest BCUT2D eigenvalue weighted by Gasteiger charge is -2.25. The first kappa shape index (κ1) is 17.9. The highest BCUT2D eigenvalue weighted by Crippen LogP contribution is 2.24. The number of hydrogen-bond acceptors (Lipinski definition) is 5. The summed E-state index contributed by atoms with van der Waals surface area (Å²) in [5.74, 6) is -0.489. The molecule has 1 aromatic rings. The average Bonchev–Trinajstić information content (AvgIpc) is 2.82. The van der Waals surface area contributed by atoms with Gasteiger partial charge < -0.3 is 9.64 Å². The van der Waals surface area contributed by atoms with Crippen LogP contribution < -0.4 is 0 Å². The van der Waals surface area contributed by atoms with Crippen LogP contribution in [-0.2, 0) is 20.2 Å². The van der Waals surface area contributed by atoms with Crippen LogP contribution in [0.4, 0.5) is 0 Å². The Bertz CT molecular complexity index is 598. The number of carbonyl (C=O) groups is 1. The Morgan fingerprint density at radius 1 is 1.48 bits per heavy atom. The van der Waals surface area contributed by atoms with Crippen molar-refractivity contribution in [2.75, 3.05) is 20.3 Å². The molecule has 1 heterocycles. The second-order valence-corrected chi connectivity index (χ2v) is 7.26. The number of nitrogens with one attached hydrogen (secondary N) is 1. The zero-order valence-electron chi connectivity index (χ0n) is 12.5. The molecule has 21 heavy (non-hydrogen) atoms. The number of ether oxygens (including phenoxy) is 1. The molecule has 0 saturated heterocycles. The molecule has 0 aliphatic heterocycles. The van der Waals surface area contributed by atoms with E-state index in [2.05, 4.69) is 10.2 Å². The second kappa shape index (κ2) is 7.24. The molecule has 0 bridgehead atoms. The fourth-order valence-electron chi connectivity index (χ4n) is 1.93. The number of aromatic nitrogens is 2. The first-order chi connectivity index (χ1) is 9.73. The molecule has 1 rings (SSSR count). The lowest BCUT2D eigenvalue weighted by Crippen LogP contribution is -2.40. The van der Waals surface area contributed by atoms with E-state index in [9.17, 15) is 13.2 Å². The molecule has 0 aromatic carbocycles. The number of hydrogen-bond donors (Lipinski definition) is 1. The van der Waals surface area contributed by atoms with E-state index in [1.54, 1.807) is 6.92 Å². The summed E-state index contributed by atoms with van der Waals surface area (Å²) >= 11 is 0. The van der Waals surface area contributed by atoms with Crippen LogP contribution in [0.2, 0.25) is 0 Å². The van der Waals surface area contributed by atoms with Crippen LogP contribution >= 0.6 is 10.7 Å². The van der Waals surface area contributed by atoms with Gasteiger partial charge >= 0.3 is 0 Å². The maximum absolute atomic E-state index is 12.6. The monoisotopic (exact) mass is 337 g/mol. The number of methoxy groups -OCH3 is 1. The number of carbonyl (C=O) groups excluding carboxylic acids is 1. The normalized spacial score (nSPS) is 11.9. The number of amides is 1. The fourth-order valence-corrected chi connectivity index (χ4v) is 3.28. The van der Waals surface area contributed by atoms with Crippen LogP contribution in [-0.4, -0.2) is 55.7 Å². The Kier molecular flexibility index (Phi) is 6.18. The third-order valence-electron chi connectivity index (χ3n) is 3.01. The first-order valence-electron chi connectivity index (χ1n) is 6.55. The number of rotatable bonds is 7. The van der Waals surface area contributed by atoms with Crippen LogP contribution in [0.25, 0.3) is 0 Å². The van der Waals surface area contributed by atoms with Crippen molar-refractivity contribution in [3.8, 4) is 0 Å². The van der Waals surface area contributed by atoms with Crippen LogP contribution in [0.1, 0.15) is 37.0 Å². The van der Waals surface area contributed by atoms with E-state index in [4.69, 9.17) is 15.4 Å². The van der Waals surface area contributed by atoms with Crippen molar-refractivity contribution in [3.05, 3.63) is 11.4 Å². The van der Waals surface area contributed by atoms with E-state index in [0.717, 1.165) is 0 Å². The minimum Gasteiger partial charge on any atom is -0.383 e. The van der Waals surface area contributed by atoms with Crippen LogP contribution in [0.5, 0.6) is 0 Å². The van der Waals surface area contributed by atoms with Gasteiger partial charge in [-0.3, -0.25) is 9.89 Å². The minimum absolute atomic E-state index is 0.125. The predicted octanol–water partition coefficient (Wildman–Crippen LogP) is 1.40. The molecule has 0 radical (unpaired) electrons. The topological polar surface area (TPSA) is 92.4 Å². The number of halogens is 1. The van der Waals surface area contributed by atoms with Gasteiger partial charge in [-0.1, -0.05) is 6.92 Å². The number of nitrogens with zero attached hydrogens (tertiary/aromatic N) is 2. The molecule has 1 amide bonds. The molecule has 0 atom stereocenters. The van der Waals surface area contributed by atoms with Gasteiger partial charge in [0.1, 0.15) is 4.90 Å². The van der Waals surface area contributed by atoms with Gasteiger partial charge in [-0.05, 0) is 20.3 Å². The van der Waals surface area contributed by atoms with Gasteiger partial charge in [0.25, 0.3) is 15.0 Å². The standard InChI is InChI=1S/C12H20ClN3O4S/c1-5-9-11(21(13,18)19)10(15-14-9)12(17)16(8(2)3)6-7-20-4/h8H,5-7H2,1-4H3,(H,14,15). The minimum atomic E-state index is -4.06. The summed E-state index contributed by atoms with van der Waals surface area (Å²) in [6.45, 7) is 6.09. The first-order valence-corrected chi connectivity index (χ1v) is 8.86. The number of H-pyrrole nitrogens is 1. The molecule has 0 aliphatic rings. The largest absolute Gasteiger partial charge is 0.383 e. The Labute approximate surface area is 129 Å². The Morgan fingerprint density at radius 2 is 2.10 bits per heavy atom. The molecule has 0 aliphatic carbocycles. The number of aromatic amines is 1. The molecular weight excluding hydrogens is 318 g/mol.